The van der Waals surface area contributed by atoms with E-state index in [-0.39, 0.29) is 24.3 Å². The Morgan fingerprint density at radius 1 is 1.14 bits per heavy atom. The number of rotatable bonds is 3. The third-order valence-corrected chi connectivity index (χ3v) is 3.58. The first-order valence-electron chi connectivity index (χ1n) is 7.24. The lowest BCUT2D eigenvalue weighted by Crippen LogP contribution is -2.32. The lowest BCUT2D eigenvalue weighted by Gasteiger charge is -2.30. The number of anilines is 1. The maximum atomic E-state index is 13.9. The van der Waals surface area contributed by atoms with Gasteiger partial charge in [0.2, 0.25) is 5.88 Å². The lowest BCUT2D eigenvalue weighted by molar-refractivity contribution is 0.231. The highest BCUT2D eigenvalue weighted by Gasteiger charge is 2.23. The molecule has 0 N–H and O–H groups in total. The summed E-state index contributed by atoms with van der Waals surface area (Å²) in [6, 6.07) is 2.35. The molecule has 0 aliphatic carbocycles. The highest BCUT2D eigenvalue weighted by atomic mass is 19.1. The van der Waals surface area contributed by atoms with Crippen LogP contribution in [-0.2, 0) is 13.0 Å². The highest BCUT2D eigenvalue weighted by molar-refractivity contribution is 5.44. The fraction of sp³-hybridized carbons (Fsp3) is 0.375. The Morgan fingerprint density at radius 3 is 2.59 bits per heavy atom. The minimum Gasteiger partial charge on any atom is -0.474 e. The molecular formula is C16H17F2N3O. The molecule has 0 bridgehead atoms. The third-order valence-electron chi connectivity index (χ3n) is 3.58. The Balaban J connectivity index is 1.87. The predicted octanol–water partition coefficient (Wildman–Crippen LogP) is 3.10. The molecule has 0 spiro atoms. The summed E-state index contributed by atoms with van der Waals surface area (Å²) < 4.78 is 33.2. The van der Waals surface area contributed by atoms with Crippen molar-refractivity contribution in [1.82, 2.24) is 9.97 Å². The fourth-order valence-corrected chi connectivity index (χ4v) is 2.58. The van der Waals surface area contributed by atoms with Gasteiger partial charge in [-0.15, -0.1) is 0 Å². The zero-order valence-corrected chi connectivity index (χ0v) is 12.5. The van der Waals surface area contributed by atoms with Gasteiger partial charge in [-0.2, -0.15) is 4.98 Å². The van der Waals surface area contributed by atoms with Crippen molar-refractivity contribution in [3.63, 3.8) is 0 Å². The van der Waals surface area contributed by atoms with Crippen LogP contribution in [-0.4, -0.2) is 22.6 Å². The number of hydrogen-bond acceptors (Lipinski definition) is 4. The van der Waals surface area contributed by atoms with Gasteiger partial charge < -0.3 is 9.64 Å². The molecule has 1 aromatic heterocycles. The van der Waals surface area contributed by atoms with E-state index in [0.29, 0.717) is 35.8 Å². The molecule has 0 saturated heterocycles. The second-order valence-electron chi connectivity index (χ2n) is 5.54. The molecule has 116 valence electrons. The first-order chi connectivity index (χ1) is 10.5. The Bertz CT molecular complexity index is 691. The molecule has 0 radical (unpaired) electrons. The van der Waals surface area contributed by atoms with Crippen molar-refractivity contribution >= 4 is 5.82 Å². The molecule has 22 heavy (non-hydrogen) atoms. The first-order valence-corrected chi connectivity index (χ1v) is 7.24. The van der Waals surface area contributed by atoms with Crippen LogP contribution in [0.2, 0.25) is 0 Å². The number of nitrogens with zero attached hydrogens (tertiary/aromatic N) is 3. The molecule has 2 heterocycles. The van der Waals surface area contributed by atoms with Gasteiger partial charge in [0.25, 0.3) is 0 Å². The molecule has 0 amide bonds. The van der Waals surface area contributed by atoms with Crippen molar-refractivity contribution in [2.75, 3.05) is 11.4 Å². The predicted molar refractivity (Wildman–Crippen MR) is 78.9 cm³/mol. The quantitative estimate of drug-likeness (QED) is 0.873. The average molecular weight is 305 g/mol. The largest absolute Gasteiger partial charge is 0.474 e. The number of hydrogen-bond donors (Lipinski definition) is 0. The first kappa shape index (κ1) is 14.7. The molecule has 0 unspecified atom stereocenters. The number of aromatic nitrogens is 2. The lowest BCUT2D eigenvalue weighted by atomic mass is 9.98. The highest BCUT2D eigenvalue weighted by Crippen LogP contribution is 2.27. The fourth-order valence-electron chi connectivity index (χ4n) is 2.58. The monoisotopic (exact) mass is 305 g/mol. The van der Waals surface area contributed by atoms with Crippen LogP contribution in [0.3, 0.4) is 0 Å². The van der Waals surface area contributed by atoms with Crippen LogP contribution in [0.25, 0.3) is 0 Å². The smallest absolute Gasteiger partial charge is 0.234 e. The minimum atomic E-state index is -0.386. The zero-order chi connectivity index (χ0) is 15.7. The topological polar surface area (TPSA) is 38.2 Å². The van der Waals surface area contributed by atoms with E-state index in [0.717, 1.165) is 0 Å². The zero-order valence-electron chi connectivity index (χ0n) is 12.5. The van der Waals surface area contributed by atoms with Gasteiger partial charge in [-0.1, -0.05) is 0 Å². The van der Waals surface area contributed by atoms with Gasteiger partial charge in [0.15, 0.2) is 5.82 Å². The molecule has 0 saturated carbocycles. The van der Waals surface area contributed by atoms with E-state index < -0.39 is 0 Å². The summed E-state index contributed by atoms with van der Waals surface area (Å²) in [7, 11) is 0. The van der Waals surface area contributed by atoms with Crippen molar-refractivity contribution in [1.29, 1.82) is 0 Å². The van der Waals surface area contributed by atoms with Crippen LogP contribution < -0.4 is 9.64 Å². The van der Waals surface area contributed by atoms with Crippen LogP contribution in [0.5, 0.6) is 5.88 Å². The molecule has 0 atom stereocenters. The Labute approximate surface area is 127 Å². The molecule has 0 fully saturated rings. The maximum Gasteiger partial charge on any atom is 0.234 e. The van der Waals surface area contributed by atoms with Gasteiger partial charge in [0, 0.05) is 18.7 Å². The van der Waals surface area contributed by atoms with Crippen LogP contribution >= 0.6 is 0 Å². The van der Waals surface area contributed by atoms with Crippen LogP contribution in [0.1, 0.15) is 25.0 Å². The summed E-state index contributed by atoms with van der Waals surface area (Å²) in [6.45, 7) is 4.65. The summed E-state index contributed by atoms with van der Waals surface area (Å²) >= 11 is 0. The molecule has 1 aliphatic heterocycles. The van der Waals surface area contributed by atoms with E-state index in [4.69, 9.17) is 4.74 Å². The van der Waals surface area contributed by atoms with Gasteiger partial charge in [-0.25, -0.2) is 8.78 Å². The van der Waals surface area contributed by atoms with E-state index in [1.807, 2.05) is 18.7 Å². The van der Waals surface area contributed by atoms with E-state index in [1.165, 1.54) is 12.1 Å². The molecule has 1 aliphatic rings. The van der Waals surface area contributed by atoms with Crippen LogP contribution in [0.4, 0.5) is 14.6 Å². The van der Waals surface area contributed by atoms with Crippen LogP contribution in [0, 0.1) is 11.6 Å². The molecule has 6 heteroatoms. The Morgan fingerprint density at radius 2 is 1.86 bits per heavy atom. The second kappa shape index (κ2) is 5.87. The normalized spacial score (nSPS) is 14.1. The molecule has 1 aromatic carbocycles. The number of halogens is 2. The Hall–Kier alpha value is -2.24. The van der Waals surface area contributed by atoms with Gasteiger partial charge in [0.1, 0.15) is 11.6 Å². The summed E-state index contributed by atoms with van der Waals surface area (Å²) in [6.07, 6.45) is 3.59. The van der Waals surface area contributed by atoms with Crippen molar-refractivity contribution in [2.24, 2.45) is 0 Å². The molecule has 4 nitrogen and oxygen atoms in total. The molecule has 3 rings (SSSR count). The second-order valence-corrected chi connectivity index (χ2v) is 5.54. The SMILES string of the molecule is CC(C)Oc1cncc(N2CCc3c(F)ccc(F)c3C2)n1. The van der Waals surface area contributed by atoms with E-state index >= 15 is 0 Å². The summed E-state index contributed by atoms with van der Waals surface area (Å²) in [5, 5.41) is 0. The standard InChI is InChI=1S/C16H17F2N3O/c1-10(2)22-16-8-19-7-15(20-16)21-6-5-11-12(9-21)14(18)4-3-13(11)17/h3-4,7-8,10H,5-6,9H2,1-2H3. The van der Waals surface area contributed by atoms with Gasteiger partial charge in [0.05, 0.1) is 18.5 Å². The summed E-state index contributed by atoms with van der Waals surface area (Å²) in [5.74, 6) is 0.299. The summed E-state index contributed by atoms with van der Waals surface area (Å²) in [4.78, 5) is 10.4. The van der Waals surface area contributed by atoms with Crippen molar-refractivity contribution < 1.29 is 13.5 Å². The summed E-state index contributed by atoms with van der Waals surface area (Å²) in [5.41, 5.74) is 0.849. The maximum absolute atomic E-state index is 13.9. The van der Waals surface area contributed by atoms with Crippen LogP contribution in [0.15, 0.2) is 24.5 Å². The minimum absolute atomic E-state index is 0.00169. The van der Waals surface area contributed by atoms with Gasteiger partial charge in [-0.3, -0.25) is 4.98 Å². The van der Waals surface area contributed by atoms with Gasteiger partial charge >= 0.3 is 0 Å². The van der Waals surface area contributed by atoms with E-state index in [1.54, 1.807) is 12.4 Å². The third kappa shape index (κ3) is 2.86. The Kier molecular flexibility index (Phi) is 3.92. The molecular weight excluding hydrogens is 288 g/mol. The van der Waals surface area contributed by atoms with E-state index in [2.05, 4.69) is 9.97 Å². The van der Waals surface area contributed by atoms with Crippen molar-refractivity contribution in [2.45, 2.75) is 32.9 Å². The van der Waals surface area contributed by atoms with Crippen molar-refractivity contribution in [3.05, 3.63) is 47.3 Å². The van der Waals surface area contributed by atoms with Gasteiger partial charge in [-0.05, 0) is 38.0 Å². The molecule has 2 aromatic rings. The van der Waals surface area contributed by atoms with Crippen molar-refractivity contribution in [3.8, 4) is 5.88 Å². The van der Waals surface area contributed by atoms with E-state index in [9.17, 15) is 8.78 Å². The number of ether oxygens (including phenoxy) is 1. The average Bonchev–Trinajstić information content (AvgIpc) is 2.50. The number of fused-ring (bicyclic) bond motifs is 1. The number of benzene rings is 1.